The Morgan fingerprint density at radius 1 is 0.970 bits per heavy atom. The Kier molecular flexibility index (Phi) is 7.20. The lowest BCUT2D eigenvalue weighted by molar-refractivity contribution is -0.158. The average Bonchev–Trinajstić information content (AvgIpc) is 3.13. The number of ether oxygens (including phenoxy) is 2. The summed E-state index contributed by atoms with van der Waals surface area (Å²) < 4.78 is 54.9. The van der Waals surface area contributed by atoms with Gasteiger partial charge in [0, 0.05) is 5.56 Å². The minimum absolute atomic E-state index is 0.290. The molecule has 0 N–H and O–H groups in total. The molecule has 1 heterocycles. The smallest absolute Gasteiger partial charge is 0.416 e. The lowest BCUT2D eigenvalue weighted by Crippen LogP contribution is -2.39. The summed E-state index contributed by atoms with van der Waals surface area (Å²) in [5.74, 6) is 1.43. The van der Waals surface area contributed by atoms with Gasteiger partial charge in [-0.3, -0.25) is 0 Å². The van der Waals surface area contributed by atoms with Crippen LogP contribution in [-0.2, 0) is 28.5 Å². The molecule has 3 rings (SSSR count). The molecule has 2 aromatic carbocycles. The van der Waals surface area contributed by atoms with Gasteiger partial charge in [-0.2, -0.15) is 13.2 Å². The molecule has 4 nitrogen and oxygen atoms in total. The summed E-state index contributed by atoms with van der Waals surface area (Å²) in [6.07, 6.45) is -2.91. The van der Waals surface area contributed by atoms with Gasteiger partial charge in [-0.15, -0.1) is 0 Å². The Bertz CT molecular complexity index is 1080. The van der Waals surface area contributed by atoms with Crippen molar-refractivity contribution in [3.8, 4) is 17.1 Å². The summed E-state index contributed by atoms with van der Waals surface area (Å²) in [6, 6.07) is 14.3. The zero-order valence-electron chi connectivity index (χ0n) is 19.1. The van der Waals surface area contributed by atoms with Gasteiger partial charge in [0.2, 0.25) is 0 Å². The predicted octanol–water partition coefficient (Wildman–Crippen LogP) is 6.78. The molecule has 0 saturated heterocycles. The van der Waals surface area contributed by atoms with Crippen LogP contribution >= 0.6 is 0 Å². The van der Waals surface area contributed by atoms with Crippen LogP contribution in [0.2, 0.25) is 0 Å². The number of alkyl halides is 3. The molecule has 0 aliphatic rings. The van der Waals surface area contributed by atoms with Gasteiger partial charge in [0.25, 0.3) is 0 Å². The third kappa shape index (κ3) is 6.18. The zero-order chi connectivity index (χ0) is 24.2. The number of hydrogen-bond donors (Lipinski definition) is 0. The maximum atomic E-state index is 12.8. The highest BCUT2D eigenvalue weighted by atomic mass is 19.4. The first-order chi connectivity index (χ1) is 15.5. The molecule has 3 aromatic rings. The van der Waals surface area contributed by atoms with Gasteiger partial charge in [0.15, 0.2) is 5.60 Å². The second-order valence-electron chi connectivity index (χ2n) is 8.24. The predicted molar refractivity (Wildman–Crippen MR) is 119 cm³/mol. The van der Waals surface area contributed by atoms with Crippen LogP contribution in [0.15, 0.2) is 59.0 Å². The van der Waals surface area contributed by atoms with Crippen LogP contribution in [0.3, 0.4) is 0 Å². The van der Waals surface area contributed by atoms with E-state index in [1.807, 2.05) is 37.3 Å². The molecule has 0 aliphatic carbocycles. The number of furan rings is 1. The summed E-state index contributed by atoms with van der Waals surface area (Å²) in [6.45, 7) is 7.20. The van der Waals surface area contributed by atoms with Crippen molar-refractivity contribution in [2.24, 2.45) is 0 Å². The number of rotatable bonds is 8. The standard InChI is InChI=1S/C26H27F3O4/c1-5-31-24(30)25(3,4)33-22-14-7-18(8-15-22)6-9-20-16-23(32-17(20)2)19-10-12-21(13-11-19)26(27,28)29/h7-8,10-16H,5-6,9H2,1-4H3. The Hall–Kier alpha value is -3.22. The molecule has 33 heavy (non-hydrogen) atoms. The molecular weight excluding hydrogens is 433 g/mol. The van der Waals surface area contributed by atoms with Gasteiger partial charge in [-0.1, -0.05) is 24.3 Å². The van der Waals surface area contributed by atoms with Gasteiger partial charge in [0.1, 0.15) is 17.3 Å². The lowest BCUT2D eigenvalue weighted by atomic mass is 10.0. The fourth-order valence-electron chi connectivity index (χ4n) is 3.38. The maximum Gasteiger partial charge on any atom is 0.416 e. The van der Waals surface area contributed by atoms with E-state index >= 15 is 0 Å². The van der Waals surface area contributed by atoms with Gasteiger partial charge in [-0.05, 0) is 82.0 Å². The van der Waals surface area contributed by atoms with Crippen molar-refractivity contribution in [3.63, 3.8) is 0 Å². The van der Waals surface area contributed by atoms with Gasteiger partial charge >= 0.3 is 12.1 Å². The van der Waals surface area contributed by atoms with Gasteiger partial charge < -0.3 is 13.9 Å². The molecule has 0 amide bonds. The molecule has 0 unspecified atom stereocenters. The number of aryl methyl sites for hydroxylation is 3. The number of halogens is 3. The minimum atomic E-state index is -4.36. The fraction of sp³-hybridized carbons (Fsp3) is 0.346. The molecule has 0 aliphatic heterocycles. The van der Waals surface area contributed by atoms with E-state index in [4.69, 9.17) is 13.9 Å². The molecule has 0 bridgehead atoms. The van der Waals surface area contributed by atoms with E-state index in [1.54, 1.807) is 20.8 Å². The van der Waals surface area contributed by atoms with Crippen LogP contribution in [0.1, 0.15) is 43.2 Å². The van der Waals surface area contributed by atoms with Gasteiger partial charge in [-0.25, -0.2) is 4.79 Å². The number of benzene rings is 2. The first-order valence-corrected chi connectivity index (χ1v) is 10.7. The van der Waals surface area contributed by atoms with Crippen LogP contribution in [0.4, 0.5) is 13.2 Å². The Labute approximate surface area is 191 Å². The first-order valence-electron chi connectivity index (χ1n) is 10.7. The summed E-state index contributed by atoms with van der Waals surface area (Å²) in [4.78, 5) is 12.0. The van der Waals surface area contributed by atoms with Crippen molar-refractivity contribution in [1.82, 2.24) is 0 Å². The Balaban J connectivity index is 1.63. The van der Waals surface area contributed by atoms with Crippen LogP contribution in [0, 0.1) is 6.92 Å². The highest BCUT2D eigenvalue weighted by molar-refractivity contribution is 5.79. The summed E-state index contributed by atoms with van der Waals surface area (Å²) in [7, 11) is 0. The van der Waals surface area contributed by atoms with Gasteiger partial charge in [0.05, 0.1) is 12.2 Å². The fourth-order valence-corrected chi connectivity index (χ4v) is 3.38. The summed E-state index contributed by atoms with van der Waals surface area (Å²) in [5, 5.41) is 0. The molecule has 0 radical (unpaired) electrons. The van der Waals surface area contributed by atoms with E-state index in [2.05, 4.69) is 0 Å². The average molecular weight is 460 g/mol. The van der Waals surface area contributed by atoms with E-state index in [1.165, 1.54) is 12.1 Å². The third-order valence-electron chi connectivity index (χ3n) is 5.26. The number of carbonyl (C=O) groups is 1. The first kappa shape index (κ1) is 24.4. The van der Waals surface area contributed by atoms with Crippen molar-refractivity contribution < 1.29 is 31.9 Å². The second-order valence-corrected chi connectivity index (χ2v) is 8.24. The van der Waals surface area contributed by atoms with Crippen molar-refractivity contribution in [2.75, 3.05) is 6.61 Å². The highest BCUT2D eigenvalue weighted by Crippen LogP contribution is 2.32. The third-order valence-corrected chi connectivity index (χ3v) is 5.26. The molecule has 0 atom stereocenters. The molecule has 7 heteroatoms. The number of hydrogen-bond acceptors (Lipinski definition) is 4. The van der Waals surface area contributed by atoms with Crippen LogP contribution < -0.4 is 4.74 Å². The van der Waals surface area contributed by atoms with Crippen molar-refractivity contribution in [1.29, 1.82) is 0 Å². The second kappa shape index (κ2) is 9.73. The largest absolute Gasteiger partial charge is 0.476 e. The summed E-state index contributed by atoms with van der Waals surface area (Å²) in [5.41, 5.74) is 0.901. The van der Waals surface area contributed by atoms with Crippen molar-refractivity contribution in [3.05, 3.63) is 77.0 Å². The van der Waals surface area contributed by atoms with Crippen LogP contribution in [0.5, 0.6) is 5.75 Å². The summed E-state index contributed by atoms with van der Waals surface area (Å²) >= 11 is 0. The SMILES string of the molecule is CCOC(=O)C(C)(C)Oc1ccc(CCc2cc(-c3ccc(C(F)(F)F)cc3)oc2C)cc1. The highest BCUT2D eigenvalue weighted by Gasteiger charge is 2.31. The van der Waals surface area contributed by atoms with E-state index in [0.717, 1.165) is 35.4 Å². The van der Waals surface area contributed by atoms with Crippen LogP contribution in [-0.4, -0.2) is 18.2 Å². The molecule has 1 aromatic heterocycles. The number of esters is 1. The Morgan fingerprint density at radius 3 is 2.18 bits per heavy atom. The number of carbonyl (C=O) groups excluding carboxylic acids is 1. The molecule has 176 valence electrons. The Morgan fingerprint density at radius 2 is 1.61 bits per heavy atom. The normalized spacial score (nSPS) is 12.0. The molecule has 0 spiro atoms. The van der Waals surface area contributed by atoms with E-state index in [9.17, 15) is 18.0 Å². The zero-order valence-corrected chi connectivity index (χ0v) is 19.1. The topological polar surface area (TPSA) is 48.7 Å². The van der Waals surface area contributed by atoms with E-state index in [-0.39, 0.29) is 0 Å². The quantitative estimate of drug-likeness (QED) is 0.348. The van der Waals surface area contributed by atoms with E-state index in [0.29, 0.717) is 30.1 Å². The molecular formula is C26H27F3O4. The van der Waals surface area contributed by atoms with Crippen molar-refractivity contribution >= 4 is 5.97 Å². The lowest BCUT2D eigenvalue weighted by Gasteiger charge is -2.24. The minimum Gasteiger partial charge on any atom is -0.476 e. The maximum absolute atomic E-state index is 12.8. The van der Waals surface area contributed by atoms with Crippen LogP contribution in [0.25, 0.3) is 11.3 Å². The molecule has 0 fully saturated rings. The monoisotopic (exact) mass is 460 g/mol. The van der Waals surface area contributed by atoms with E-state index < -0.39 is 23.3 Å². The molecule has 0 saturated carbocycles. The van der Waals surface area contributed by atoms with Crippen molar-refractivity contribution in [2.45, 2.75) is 52.3 Å².